The second kappa shape index (κ2) is 11.0. The molecular formula is C37H59NO2. The molecule has 3 unspecified atom stereocenters. The summed E-state index contributed by atoms with van der Waals surface area (Å²) in [6.45, 7) is 14.0. The summed E-state index contributed by atoms with van der Waals surface area (Å²) in [5.74, 6) is 4.83. The van der Waals surface area contributed by atoms with Crippen LogP contribution in [0.4, 0.5) is 0 Å². The third kappa shape index (κ3) is 4.46. The maximum Gasteiger partial charge on any atom is 0.0774 e. The molecule has 1 aromatic carbocycles. The van der Waals surface area contributed by atoms with Crippen molar-refractivity contribution in [1.29, 1.82) is 0 Å². The summed E-state index contributed by atoms with van der Waals surface area (Å²) in [5.41, 5.74) is 3.72. The molecular weight excluding hydrogens is 490 g/mol. The molecule has 0 aromatic heterocycles. The Labute approximate surface area is 246 Å². The lowest BCUT2D eigenvalue weighted by Gasteiger charge is -2.63. The van der Waals surface area contributed by atoms with Gasteiger partial charge in [-0.1, -0.05) is 70.4 Å². The minimum absolute atomic E-state index is 0.169. The largest absolute Gasteiger partial charge is 0.376 e. The lowest BCUT2D eigenvalue weighted by Crippen LogP contribution is -2.64. The summed E-state index contributed by atoms with van der Waals surface area (Å²) < 4.78 is 13.3. The summed E-state index contributed by atoms with van der Waals surface area (Å²) in [4.78, 5) is 2.66. The molecule has 224 valence electrons. The summed E-state index contributed by atoms with van der Waals surface area (Å²) in [7, 11) is 4.77. The minimum Gasteiger partial charge on any atom is -0.376 e. The SMILES string of the molecule is Cc1ccc(COCC(C)CCC2O[C@H]3C[C@H]4[C@@H]5CCC6CCCC[C@]6(C)[C@H]5CC[C@]4(C)[C@@]3(N(C)C)[C@@H]2C)cc1. The van der Waals surface area contributed by atoms with E-state index in [4.69, 9.17) is 9.47 Å². The van der Waals surface area contributed by atoms with Gasteiger partial charge in [0.15, 0.2) is 0 Å². The second-order valence-corrected chi connectivity index (χ2v) is 15.9. The van der Waals surface area contributed by atoms with Gasteiger partial charge in [-0.15, -0.1) is 0 Å². The molecule has 0 radical (unpaired) electrons. The lowest BCUT2D eigenvalue weighted by molar-refractivity contribution is -0.137. The maximum absolute atomic E-state index is 7.18. The summed E-state index contributed by atoms with van der Waals surface area (Å²) in [5, 5.41) is 0. The van der Waals surface area contributed by atoms with Gasteiger partial charge in [0, 0.05) is 12.5 Å². The van der Waals surface area contributed by atoms with Crippen LogP contribution < -0.4 is 0 Å². The van der Waals surface area contributed by atoms with Gasteiger partial charge in [0.1, 0.15) is 0 Å². The van der Waals surface area contributed by atoms with Gasteiger partial charge in [-0.2, -0.15) is 0 Å². The van der Waals surface area contributed by atoms with Crippen molar-refractivity contribution in [2.24, 2.45) is 46.3 Å². The molecule has 0 spiro atoms. The molecule has 1 aromatic rings. The fourth-order valence-corrected chi connectivity index (χ4v) is 12.0. The topological polar surface area (TPSA) is 21.7 Å². The molecule has 0 bridgehead atoms. The smallest absolute Gasteiger partial charge is 0.0774 e. The number of hydrogen-bond acceptors (Lipinski definition) is 3. The standard InChI is InChI=1S/C37H59NO2/c1-25-11-14-28(15-12-25)24-39-23-26(2)13-18-33-27(3)37(38(6)7)34(40-33)22-32-30-17-16-29-10-8-9-20-35(29,4)31(30)19-21-36(32,37)5/h11-12,14-15,26-27,29-34H,8-10,13,16-24H2,1-7H3/t26?,27-,29?,30-,31+,32+,33?,34+,35+,36+,37-/m1/s1. The predicted octanol–water partition coefficient (Wildman–Crippen LogP) is 8.67. The van der Waals surface area contributed by atoms with E-state index in [0.717, 1.165) is 36.7 Å². The second-order valence-electron chi connectivity index (χ2n) is 15.9. The van der Waals surface area contributed by atoms with Crippen LogP contribution in [-0.2, 0) is 16.1 Å². The Kier molecular flexibility index (Phi) is 8.01. The highest BCUT2D eigenvalue weighted by Crippen LogP contribution is 2.72. The Morgan fingerprint density at radius 3 is 2.52 bits per heavy atom. The molecule has 0 amide bonds. The van der Waals surface area contributed by atoms with Crippen LogP contribution in [0.3, 0.4) is 0 Å². The number of benzene rings is 1. The average Bonchev–Trinajstić information content (AvgIpc) is 3.37. The van der Waals surface area contributed by atoms with Crippen molar-refractivity contribution in [3.8, 4) is 0 Å². The molecule has 3 heteroatoms. The molecule has 4 saturated carbocycles. The first-order chi connectivity index (χ1) is 19.1. The number of aryl methyl sites for hydroxylation is 1. The van der Waals surface area contributed by atoms with Crippen LogP contribution >= 0.6 is 0 Å². The fourth-order valence-electron chi connectivity index (χ4n) is 12.0. The Morgan fingerprint density at radius 1 is 1.00 bits per heavy atom. The summed E-state index contributed by atoms with van der Waals surface area (Å²) in [6, 6.07) is 8.74. The van der Waals surface area contributed by atoms with E-state index in [0.29, 0.717) is 41.5 Å². The van der Waals surface area contributed by atoms with Crippen molar-refractivity contribution in [1.82, 2.24) is 4.90 Å². The zero-order valence-electron chi connectivity index (χ0n) is 26.9. The van der Waals surface area contributed by atoms with E-state index in [1.165, 1.54) is 75.3 Å². The summed E-state index contributed by atoms with van der Waals surface area (Å²) >= 11 is 0. The van der Waals surface area contributed by atoms with Gasteiger partial charge in [-0.25, -0.2) is 0 Å². The zero-order valence-corrected chi connectivity index (χ0v) is 26.9. The molecule has 0 N–H and O–H groups in total. The number of rotatable bonds is 8. The molecule has 4 aliphatic carbocycles. The number of likely N-dealkylation sites (N-methyl/N-ethyl adjacent to an activating group) is 1. The van der Waals surface area contributed by atoms with E-state index in [-0.39, 0.29) is 5.54 Å². The zero-order chi connectivity index (χ0) is 28.3. The molecule has 40 heavy (non-hydrogen) atoms. The van der Waals surface area contributed by atoms with E-state index in [9.17, 15) is 0 Å². The van der Waals surface area contributed by atoms with E-state index >= 15 is 0 Å². The average molecular weight is 550 g/mol. The van der Waals surface area contributed by atoms with Crippen LogP contribution in [0.15, 0.2) is 24.3 Å². The molecule has 3 nitrogen and oxygen atoms in total. The number of hydrogen-bond donors (Lipinski definition) is 0. The molecule has 1 heterocycles. The first-order valence-corrected chi connectivity index (χ1v) is 17.1. The van der Waals surface area contributed by atoms with Crippen LogP contribution in [0.25, 0.3) is 0 Å². The van der Waals surface area contributed by atoms with Crippen LogP contribution in [-0.4, -0.2) is 43.3 Å². The van der Waals surface area contributed by atoms with Gasteiger partial charge in [0.25, 0.3) is 0 Å². The van der Waals surface area contributed by atoms with E-state index in [1.807, 2.05) is 0 Å². The van der Waals surface area contributed by atoms with Gasteiger partial charge in [-0.3, -0.25) is 0 Å². The molecule has 1 aliphatic heterocycles. The van der Waals surface area contributed by atoms with Crippen molar-refractivity contribution >= 4 is 0 Å². The monoisotopic (exact) mass is 549 g/mol. The Morgan fingerprint density at radius 2 is 1.77 bits per heavy atom. The normalized spacial score (nSPS) is 45.0. The Balaban J connectivity index is 1.11. The quantitative estimate of drug-likeness (QED) is 0.324. The number of ether oxygens (including phenoxy) is 2. The van der Waals surface area contributed by atoms with E-state index < -0.39 is 0 Å². The van der Waals surface area contributed by atoms with Crippen molar-refractivity contribution in [3.63, 3.8) is 0 Å². The molecule has 1 saturated heterocycles. The van der Waals surface area contributed by atoms with Crippen molar-refractivity contribution in [3.05, 3.63) is 35.4 Å². The molecule has 6 rings (SSSR count). The lowest BCUT2D eigenvalue weighted by atomic mass is 9.43. The third-order valence-electron chi connectivity index (χ3n) is 13.9. The maximum atomic E-state index is 7.18. The first kappa shape index (κ1) is 29.2. The summed E-state index contributed by atoms with van der Waals surface area (Å²) in [6.07, 6.45) is 16.2. The van der Waals surface area contributed by atoms with E-state index in [1.54, 1.807) is 0 Å². The van der Waals surface area contributed by atoms with Crippen molar-refractivity contribution < 1.29 is 9.47 Å². The highest BCUT2D eigenvalue weighted by molar-refractivity contribution is 5.25. The van der Waals surface area contributed by atoms with Gasteiger partial charge >= 0.3 is 0 Å². The highest BCUT2D eigenvalue weighted by atomic mass is 16.5. The first-order valence-electron chi connectivity index (χ1n) is 17.1. The van der Waals surface area contributed by atoms with E-state index in [2.05, 4.69) is 77.9 Å². The van der Waals surface area contributed by atoms with Crippen molar-refractivity contribution in [2.45, 2.75) is 130 Å². The fraction of sp³-hybridized carbons (Fsp3) is 0.838. The van der Waals surface area contributed by atoms with Crippen LogP contribution in [0.2, 0.25) is 0 Å². The van der Waals surface area contributed by atoms with Gasteiger partial charge in [0.2, 0.25) is 0 Å². The molecule has 5 fully saturated rings. The minimum atomic E-state index is 0.169. The molecule has 11 atom stereocenters. The number of nitrogens with zero attached hydrogens (tertiary/aromatic N) is 1. The number of fused-ring (bicyclic) bond motifs is 7. The van der Waals surface area contributed by atoms with Crippen LogP contribution in [0.1, 0.15) is 109 Å². The van der Waals surface area contributed by atoms with Crippen LogP contribution in [0, 0.1) is 53.3 Å². The Bertz CT molecular complexity index is 1020. The predicted molar refractivity (Wildman–Crippen MR) is 165 cm³/mol. The van der Waals surface area contributed by atoms with Crippen molar-refractivity contribution in [2.75, 3.05) is 20.7 Å². The third-order valence-corrected chi connectivity index (χ3v) is 13.9. The molecule has 5 aliphatic rings. The van der Waals surface area contributed by atoms with Gasteiger partial charge in [-0.05, 0) is 125 Å². The highest BCUT2D eigenvalue weighted by Gasteiger charge is 2.73. The van der Waals surface area contributed by atoms with Gasteiger partial charge < -0.3 is 14.4 Å². The Hall–Kier alpha value is -0.900. The van der Waals surface area contributed by atoms with Gasteiger partial charge in [0.05, 0.1) is 24.4 Å². The van der Waals surface area contributed by atoms with Crippen LogP contribution in [0.5, 0.6) is 0 Å².